The normalized spacial score (nSPS) is 11.9. The molecule has 0 amide bonds. The number of carboxylic acids is 1. The minimum absolute atomic E-state index is 0.127. The summed E-state index contributed by atoms with van der Waals surface area (Å²) in [4.78, 5) is 41.7. The van der Waals surface area contributed by atoms with Crippen LogP contribution in [0.2, 0.25) is 0 Å². The lowest BCUT2D eigenvalue weighted by molar-refractivity contribution is -0.129. The van der Waals surface area contributed by atoms with Gasteiger partial charge in [0.1, 0.15) is 0 Å². The summed E-state index contributed by atoms with van der Waals surface area (Å²) in [5.74, 6) is -1.10. The van der Waals surface area contributed by atoms with E-state index >= 15 is 0 Å². The van der Waals surface area contributed by atoms with Gasteiger partial charge in [-0.3, -0.25) is 18.5 Å². The zero-order chi connectivity index (χ0) is 25.1. The maximum Gasteiger partial charge on any atom is 0.356 e. The summed E-state index contributed by atoms with van der Waals surface area (Å²) >= 11 is 0. The molecule has 0 unspecified atom stereocenters. The van der Waals surface area contributed by atoms with Gasteiger partial charge in [0.25, 0.3) is 5.56 Å². The van der Waals surface area contributed by atoms with Crippen molar-refractivity contribution in [3.05, 3.63) is 98.2 Å². The van der Waals surface area contributed by atoms with E-state index in [4.69, 9.17) is 0 Å². The molecule has 0 saturated heterocycles. The van der Waals surface area contributed by atoms with Crippen LogP contribution < -0.4 is 16.7 Å². The fraction of sp³-hybridized carbons (Fsp3) is 0.160. The fourth-order valence-corrected chi connectivity index (χ4v) is 3.62. The van der Waals surface area contributed by atoms with Gasteiger partial charge in [-0.1, -0.05) is 72.3 Å². The second-order valence-electron chi connectivity index (χ2n) is 7.98. The first-order valence-corrected chi connectivity index (χ1v) is 10.8. The Morgan fingerprint density at radius 3 is 2.40 bits per heavy atom. The van der Waals surface area contributed by atoms with Gasteiger partial charge >= 0.3 is 11.7 Å². The van der Waals surface area contributed by atoms with Crippen molar-refractivity contribution in [2.24, 2.45) is 19.2 Å². The summed E-state index contributed by atoms with van der Waals surface area (Å²) in [5, 5.41) is 13.8. The second-order valence-corrected chi connectivity index (χ2v) is 7.98. The Balaban J connectivity index is 1.82. The standard InChI is InChI=1S/C25H24N6O4/c1-16-11-13-18(14-12-16)19(23(33)34)27-28-24-26-21-20(22(32)30(3)25(35)29(21)2)31(24)15-7-10-17-8-5-4-6-9-17/h4-14H,15H2,1-3H3,(H,26,28)(H,33,34)/b10-7+,27-19-. The Labute approximate surface area is 200 Å². The van der Waals surface area contributed by atoms with Gasteiger partial charge in [-0.25, -0.2) is 15.0 Å². The smallest absolute Gasteiger partial charge is 0.356 e. The molecule has 0 fully saturated rings. The molecule has 2 N–H and O–H groups in total. The number of aryl methyl sites for hydroxylation is 2. The first-order chi connectivity index (χ1) is 16.8. The number of carboxylic acid groups (broad SMARTS) is 1. The van der Waals surface area contributed by atoms with Crippen LogP contribution in [0.1, 0.15) is 16.7 Å². The third kappa shape index (κ3) is 4.67. The van der Waals surface area contributed by atoms with E-state index in [0.29, 0.717) is 5.56 Å². The van der Waals surface area contributed by atoms with E-state index in [2.05, 4.69) is 15.5 Å². The molecule has 4 rings (SSSR count). The maximum atomic E-state index is 13.0. The van der Waals surface area contributed by atoms with E-state index in [1.54, 1.807) is 28.8 Å². The van der Waals surface area contributed by atoms with Crippen molar-refractivity contribution in [1.82, 2.24) is 18.7 Å². The van der Waals surface area contributed by atoms with E-state index in [-0.39, 0.29) is 29.4 Å². The van der Waals surface area contributed by atoms with Crippen molar-refractivity contribution < 1.29 is 9.90 Å². The molecule has 10 heteroatoms. The third-order valence-electron chi connectivity index (χ3n) is 5.54. The molecule has 0 radical (unpaired) electrons. The lowest BCUT2D eigenvalue weighted by Crippen LogP contribution is -2.37. The lowest BCUT2D eigenvalue weighted by atomic mass is 10.1. The largest absolute Gasteiger partial charge is 0.476 e. The van der Waals surface area contributed by atoms with Crippen LogP contribution in [0.25, 0.3) is 17.2 Å². The van der Waals surface area contributed by atoms with Crippen LogP contribution in [0.15, 0.2) is 75.4 Å². The quantitative estimate of drug-likeness (QED) is 0.314. The molecule has 0 atom stereocenters. The summed E-state index contributed by atoms with van der Waals surface area (Å²) in [6, 6.07) is 16.5. The van der Waals surface area contributed by atoms with Crippen LogP contribution in [0, 0.1) is 6.92 Å². The van der Waals surface area contributed by atoms with Gasteiger partial charge in [0.15, 0.2) is 16.9 Å². The SMILES string of the molecule is Cc1ccc(/C(=N/Nc2nc3c(c(=O)n(C)c(=O)n3C)n2C/C=C/c2ccccc2)C(=O)O)cc1. The van der Waals surface area contributed by atoms with Crippen molar-refractivity contribution in [2.45, 2.75) is 13.5 Å². The monoisotopic (exact) mass is 472 g/mol. The van der Waals surface area contributed by atoms with Crippen LogP contribution in [0.4, 0.5) is 5.95 Å². The minimum Gasteiger partial charge on any atom is -0.476 e. The third-order valence-corrected chi connectivity index (χ3v) is 5.54. The number of hydrogen-bond donors (Lipinski definition) is 2. The predicted molar refractivity (Wildman–Crippen MR) is 135 cm³/mol. The van der Waals surface area contributed by atoms with Crippen molar-refractivity contribution in [2.75, 3.05) is 5.43 Å². The molecule has 0 aliphatic heterocycles. The van der Waals surface area contributed by atoms with Gasteiger partial charge in [-0.05, 0) is 12.5 Å². The summed E-state index contributed by atoms with van der Waals surface area (Å²) in [5.41, 5.74) is 4.16. The Kier molecular flexibility index (Phi) is 6.45. The molecule has 2 aromatic heterocycles. The molecule has 178 valence electrons. The topological polar surface area (TPSA) is 124 Å². The van der Waals surface area contributed by atoms with Gasteiger partial charge in [0.2, 0.25) is 5.95 Å². The van der Waals surface area contributed by atoms with Crippen molar-refractivity contribution in [3.63, 3.8) is 0 Å². The predicted octanol–water partition coefficient (Wildman–Crippen LogP) is 2.36. The zero-order valence-electron chi connectivity index (χ0n) is 19.5. The van der Waals surface area contributed by atoms with E-state index in [1.807, 2.05) is 49.4 Å². The number of aromatic nitrogens is 4. The highest BCUT2D eigenvalue weighted by Crippen LogP contribution is 2.17. The molecule has 0 spiro atoms. The Bertz CT molecular complexity index is 1570. The van der Waals surface area contributed by atoms with Gasteiger partial charge < -0.3 is 5.11 Å². The first-order valence-electron chi connectivity index (χ1n) is 10.8. The van der Waals surface area contributed by atoms with Crippen molar-refractivity contribution >= 4 is 34.9 Å². The zero-order valence-corrected chi connectivity index (χ0v) is 19.5. The lowest BCUT2D eigenvalue weighted by Gasteiger charge is -2.08. The number of hydrogen-bond acceptors (Lipinski definition) is 6. The summed E-state index contributed by atoms with van der Waals surface area (Å²) in [6.45, 7) is 2.12. The van der Waals surface area contributed by atoms with Crippen LogP contribution in [-0.2, 0) is 25.4 Å². The first kappa shape index (κ1) is 23.4. The summed E-state index contributed by atoms with van der Waals surface area (Å²) < 4.78 is 3.83. The van der Waals surface area contributed by atoms with Crippen LogP contribution in [-0.4, -0.2) is 35.5 Å². The molecule has 0 aliphatic rings. The van der Waals surface area contributed by atoms with Crippen molar-refractivity contribution in [3.8, 4) is 0 Å². The molecule has 2 aromatic carbocycles. The van der Waals surface area contributed by atoms with Gasteiger partial charge in [0.05, 0.1) is 0 Å². The highest BCUT2D eigenvalue weighted by Gasteiger charge is 2.19. The second kappa shape index (κ2) is 9.64. The van der Waals surface area contributed by atoms with Gasteiger partial charge in [-0.15, -0.1) is 0 Å². The Morgan fingerprint density at radius 2 is 1.74 bits per heavy atom. The van der Waals surface area contributed by atoms with Gasteiger partial charge in [-0.2, -0.15) is 10.1 Å². The summed E-state index contributed by atoms with van der Waals surface area (Å²) in [7, 11) is 2.91. The number of hydrazone groups is 1. The molecular formula is C25H24N6O4. The number of benzene rings is 2. The number of nitrogens with one attached hydrogen (secondary N) is 1. The van der Waals surface area contributed by atoms with E-state index in [1.165, 1.54) is 18.7 Å². The van der Waals surface area contributed by atoms with E-state index < -0.39 is 17.2 Å². The Morgan fingerprint density at radius 1 is 1.06 bits per heavy atom. The molecular weight excluding hydrogens is 448 g/mol. The average molecular weight is 473 g/mol. The van der Waals surface area contributed by atoms with Crippen LogP contribution in [0.5, 0.6) is 0 Å². The van der Waals surface area contributed by atoms with Crippen LogP contribution in [0.3, 0.4) is 0 Å². The number of allylic oxidation sites excluding steroid dienone is 1. The molecule has 4 aromatic rings. The maximum absolute atomic E-state index is 13.0. The average Bonchev–Trinajstić information content (AvgIpc) is 3.21. The van der Waals surface area contributed by atoms with E-state index in [9.17, 15) is 19.5 Å². The number of aliphatic carboxylic acids is 1. The molecule has 2 heterocycles. The number of fused-ring (bicyclic) bond motifs is 1. The fourth-order valence-electron chi connectivity index (χ4n) is 3.62. The molecule has 35 heavy (non-hydrogen) atoms. The van der Waals surface area contributed by atoms with Gasteiger partial charge in [0, 0.05) is 26.2 Å². The van der Waals surface area contributed by atoms with E-state index in [0.717, 1.165) is 15.7 Å². The Hall–Kier alpha value is -4.73. The number of nitrogens with zero attached hydrogens (tertiary/aromatic N) is 5. The summed E-state index contributed by atoms with van der Waals surface area (Å²) in [6.07, 6.45) is 3.73. The molecule has 0 aliphatic carbocycles. The molecule has 0 saturated carbocycles. The van der Waals surface area contributed by atoms with Crippen LogP contribution >= 0.6 is 0 Å². The molecule has 10 nitrogen and oxygen atoms in total. The number of imidazole rings is 1. The van der Waals surface area contributed by atoms with Crippen molar-refractivity contribution in [1.29, 1.82) is 0 Å². The molecule has 0 bridgehead atoms. The highest BCUT2D eigenvalue weighted by molar-refractivity contribution is 6.42. The number of anilines is 1. The number of carbonyl (C=O) groups is 1. The number of rotatable bonds is 7. The highest BCUT2D eigenvalue weighted by atomic mass is 16.4. The minimum atomic E-state index is -1.23.